The highest BCUT2D eigenvalue weighted by atomic mass is 32.2. The highest BCUT2D eigenvalue weighted by Gasteiger charge is 2.17. The largest absolute Gasteiger partial charge is 0.497 e. The Morgan fingerprint density at radius 2 is 1.76 bits per heavy atom. The molecule has 0 atom stereocenters. The molecule has 33 heavy (non-hydrogen) atoms. The zero-order valence-corrected chi connectivity index (χ0v) is 20.3. The Balaban J connectivity index is 1.76. The zero-order chi connectivity index (χ0) is 23.8. The van der Waals surface area contributed by atoms with E-state index >= 15 is 0 Å². The predicted octanol–water partition coefficient (Wildman–Crippen LogP) is 4.13. The van der Waals surface area contributed by atoms with Gasteiger partial charge in [-0.25, -0.2) is 0 Å². The molecule has 0 bridgehead atoms. The van der Waals surface area contributed by atoms with Crippen LogP contribution < -0.4 is 10.1 Å². The van der Waals surface area contributed by atoms with Crippen LogP contribution in [0.4, 0.5) is 0 Å². The van der Waals surface area contributed by atoms with Crippen molar-refractivity contribution >= 4 is 23.5 Å². The molecule has 0 radical (unpaired) electrons. The van der Waals surface area contributed by atoms with Gasteiger partial charge in [-0.3, -0.25) is 14.2 Å². The fourth-order valence-corrected chi connectivity index (χ4v) is 4.27. The molecule has 0 fully saturated rings. The molecule has 0 aliphatic rings. The van der Waals surface area contributed by atoms with Crippen molar-refractivity contribution in [2.45, 2.75) is 38.8 Å². The third-order valence-corrected chi connectivity index (χ3v) is 5.93. The fourth-order valence-electron chi connectivity index (χ4n) is 3.41. The number of Topliss-reactive ketones (excluding diaryl/α,β-unsaturated/α-hetero) is 1. The smallest absolute Gasteiger partial charge is 0.216 e. The number of carbonyl (C=O) groups excluding carboxylic acids is 2. The van der Waals surface area contributed by atoms with Crippen molar-refractivity contribution in [3.8, 4) is 11.4 Å². The Hall–Kier alpha value is -3.13. The molecule has 174 valence electrons. The van der Waals surface area contributed by atoms with E-state index in [2.05, 4.69) is 29.4 Å². The Labute approximate surface area is 198 Å². The molecule has 3 rings (SSSR count). The molecule has 0 aliphatic heterocycles. The van der Waals surface area contributed by atoms with Crippen LogP contribution in [0.1, 0.15) is 42.5 Å². The first-order chi connectivity index (χ1) is 15.9. The summed E-state index contributed by atoms with van der Waals surface area (Å²) < 4.78 is 7.18. The lowest BCUT2D eigenvalue weighted by molar-refractivity contribution is -0.118. The molecule has 8 heteroatoms. The summed E-state index contributed by atoms with van der Waals surface area (Å²) in [7, 11) is 1.62. The number of nitrogens with zero attached hydrogens (tertiary/aromatic N) is 3. The average Bonchev–Trinajstić information content (AvgIpc) is 3.20. The van der Waals surface area contributed by atoms with Crippen LogP contribution in [0.3, 0.4) is 0 Å². The van der Waals surface area contributed by atoms with E-state index in [1.165, 1.54) is 24.2 Å². The monoisotopic (exact) mass is 466 g/mol. The van der Waals surface area contributed by atoms with E-state index in [1.807, 2.05) is 53.1 Å². The van der Waals surface area contributed by atoms with Crippen LogP contribution in [0.25, 0.3) is 5.69 Å². The van der Waals surface area contributed by atoms with Crippen molar-refractivity contribution in [1.29, 1.82) is 0 Å². The Morgan fingerprint density at radius 3 is 2.36 bits per heavy atom. The quantitative estimate of drug-likeness (QED) is 0.338. The molecule has 1 aromatic heterocycles. The first-order valence-electron chi connectivity index (χ1n) is 11.0. The summed E-state index contributed by atoms with van der Waals surface area (Å²) in [6, 6.07) is 15.4. The molecule has 1 N–H and O–H groups in total. The summed E-state index contributed by atoms with van der Waals surface area (Å²) in [5.74, 6) is 2.24. The lowest BCUT2D eigenvalue weighted by Gasteiger charge is -2.11. The number of benzene rings is 2. The minimum absolute atomic E-state index is 0.0418. The van der Waals surface area contributed by atoms with Crippen molar-refractivity contribution < 1.29 is 14.3 Å². The van der Waals surface area contributed by atoms with Gasteiger partial charge in [-0.15, -0.1) is 10.2 Å². The van der Waals surface area contributed by atoms with Crippen molar-refractivity contribution in [2.75, 3.05) is 19.4 Å². The molecule has 7 nitrogen and oxygen atoms in total. The van der Waals surface area contributed by atoms with Crippen LogP contribution in [-0.2, 0) is 17.6 Å². The van der Waals surface area contributed by atoms with Gasteiger partial charge in [0, 0.05) is 31.1 Å². The zero-order valence-electron chi connectivity index (χ0n) is 19.5. The number of aromatic nitrogens is 3. The van der Waals surface area contributed by atoms with Crippen LogP contribution in [-0.4, -0.2) is 45.9 Å². The number of hydrogen-bond donors (Lipinski definition) is 1. The topological polar surface area (TPSA) is 86.1 Å². The summed E-state index contributed by atoms with van der Waals surface area (Å²) >= 11 is 1.35. The van der Waals surface area contributed by atoms with Crippen molar-refractivity contribution in [2.24, 2.45) is 5.92 Å². The van der Waals surface area contributed by atoms with Gasteiger partial charge in [0.2, 0.25) is 5.91 Å². The summed E-state index contributed by atoms with van der Waals surface area (Å²) in [5.41, 5.74) is 2.79. The molecule has 0 unspecified atom stereocenters. The summed E-state index contributed by atoms with van der Waals surface area (Å²) in [4.78, 5) is 24.0. The molecule has 0 aliphatic carbocycles. The normalized spacial score (nSPS) is 10.9. The first kappa shape index (κ1) is 24.5. The van der Waals surface area contributed by atoms with E-state index in [1.54, 1.807) is 7.11 Å². The van der Waals surface area contributed by atoms with Crippen LogP contribution >= 0.6 is 11.8 Å². The highest BCUT2D eigenvalue weighted by molar-refractivity contribution is 7.99. The lowest BCUT2D eigenvalue weighted by Crippen LogP contribution is -2.23. The number of ketones is 1. The molecule has 3 aromatic rings. The first-order valence-corrected chi connectivity index (χ1v) is 11.9. The number of amides is 1. The maximum atomic E-state index is 12.8. The summed E-state index contributed by atoms with van der Waals surface area (Å²) in [6.07, 6.45) is 1.51. The third-order valence-electron chi connectivity index (χ3n) is 5.01. The minimum atomic E-state index is -0.0925. The highest BCUT2D eigenvalue weighted by Crippen LogP contribution is 2.25. The average molecular weight is 467 g/mol. The summed E-state index contributed by atoms with van der Waals surface area (Å²) in [5, 5.41) is 12.1. The van der Waals surface area contributed by atoms with E-state index in [4.69, 9.17) is 4.74 Å². The van der Waals surface area contributed by atoms with E-state index in [0.29, 0.717) is 35.4 Å². The van der Waals surface area contributed by atoms with Gasteiger partial charge in [0.1, 0.15) is 11.6 Å². The van der Waals surface area contributed by atoms with E-state index in [0.717, 1.165) is 17.9 Å². The van der Waals surface area contributed by atoms with Gasteiger partial charge in [-0.1, -0.05) is 49.9 Å². The van der Waals surface area contributed by atoms with E-state index < -0.39 is 0 Å². The maximum absolute atomic E-state index is 12.8. The second kappa shape index (κ2) is 11.7. The van der Waals surface area contributed by atoms with Crippen LogP contribution in [0.5, 0.6) is 5.75 Å². The lowest BCUT2D eigenvalue weighted by atomic mass is 10.0. The Morgan fingerprint density at radius 1 is 1.06 bits per heavy atom. The number of ether oxygens (including phenoxy) is 1. The van der Waals surface area contributed by atoms with E-state index in [9.17, 15) is 9.59 Å². The SMILES string of the molecule is COc1ccc(-n2c(CCNC(C)=O)nnc2SCC(=O)c2ccc(CC(C)C)cc2)cc1. The number of hydrogen-bond acceptors (Lipinski definition) is 6. The molecule has 0 saturated carbocycles. The predicted molar refractivity (Wildman–Crippen MR) is 130 cm³/mol. The fraction of sp³-hybridized carbons (Fsp3) is 0.360. The molecule has 2 aromatic carbocycles. The van der Waals surface area contributed by atoms with Gasteiger partial charge in [-0.2, -0.15) is 0 Å². The molecular weight excluding hydrogens is 436 g/mol. The molecule has 1 heterocycles. The Bertz CT molecular complexity index is 1080. The second-order valence-electron chi connectivity index (χ2n) is 8.17. The number of nitrogens with one attached hydrogen (secondary N) is 1. The van der Waals surface area contributed by atoms with Gasteiger partial charge in [-0.05, 0) is 42.2 Å². The molecule has 0 saturated heterocycles. The van der Waals surface area contributed by atoms with Crippen molar-refractivity contribution in [3.63, 3.8) is 0 Å². The van der Waals surface area contributed by atoms with Gasteiger partial charge in [0.25, 0.3) is 0 Å². The van der Waals surface area contributed by atoms with Crippen molar-refractivity contribution in [1.82, 2.24) is 20.1 Å². The van der Waals surface area contributed by atoms with Crippen molar-refractivity contribution in [3.05, 3.63) is 65.5 Å². The van der Waals surface area contributed by atoms with Gasteiger partial charge >= 0.3 is 0 Å². The number of rotatable bonds is 11. The van der Waals surface area contributed by atoms with Gasteiger partial charge in [0.05, 0.1) is 12.9 Å². The van der Waals surface area contributed by atoms with Gasteiger partial charge < -0.3 is 10.1 Å². The number of methoxy groups -OCH3 is 1. The summed E-state index contributed by atoms with van der Waals surface area (Å²) in [6.45, 7) is 6.30. The number of carbonyl (C=O) groups is 2. The number of thioether (sulfide) groups is 1. The molecule has 0 spiro atoms. The van der Waals surface area contributed by atoms with E-state index in [-0.39, 0.29) is 17.4 Å². The second-order valence-corrected chi connectivity index (χ2v) is 9.11. The molecule has 1 amide bonds. The van der Waals surface area contributed by atoms with Crippen LogP contribution in [0.15, 0.2) is 53.7 Å². The van der Waals surface area contributed by atoms with Crippen LogP contribution in [0, 0.1) is 5.92 Å². The Kier molecular flexibility index (Phi) is 8.65. The molecular formula is C25H30N4O3S. The third kappa shape index (κ3) is 6.92. The van der Waals surface area contributed by atoms with Gasteiger partial charge in [0.15, 0.2) is 10.9 Å². The maximum Gasteiger partial charge on any atom is 0.216 e. The minimum Gasteiger partial charge on any atom is -0.497 e. The van der Waals surface area contributed by atoms with Crippen LogP contribution in [0.2, 0.25) is 0 Å². The standard InChI is InChI=1S/C25H30N4O3S/c1-17(2)15-19-5-7-20(8-6-19)23(31)16-33-25-28-27-24(13-14-26-18(3)30)29(25)21-9-11-22(32-4)12-10-21/h5-12,17H,13-16H2,1-4H3,(H,26,30).